The van der Waals surface area contributed by atoms with Crippen molar-refractivity contribution < 1.29 is 14.3 Å². The molecule has 0 spiro atoms. The molecule has 0 rings (SSSR count). The lowest BCUT2D eigenvalue weighted by atomic mass is 10.2. The molecule has 4 nitrogen and oxygen atoms in total. The van der Waals surface area contributed by atoms with Gasteiger partial charge in [-0.15, -0.1) is 0 Å². The summed E-state index contributed by atoms with van der Waals surface area (Å²) >= 11 is 0. The first-order chi connectivity index (χ1) is 7.15. The van der Waals surface area contributed by atoms with E-state index in [0.717, 1.165) is 13.0 Å². The van der Waals surface area contributed by atoms with Gasteiger partial charge in [-0.1, -0.05) is 13.8 Å². The van der Waals surface area contributed by atoms with E-state index >= 15 is 0 Å². The van der Waals surface area contributed by atoms with Gasteiger partial charge in [0.05, 0.1) is 13.2 Å². The number of esters is 1. The van der Waals surface area contributed by atoms with Crippen LogP contribution in [0, 0.1) is 0 Å². The highest BCUT2D eigenvalue weighted by Crippen LogP contribution is 2.00. The van der Waals surface area contributed by atoms with Crippen molar-refractivity contribution in [2.45, 2.75) is 45.8 Å². The van der Waals surface area contributed by atoms with Crippen LogP contribution in [-0.2, 0) is 14.3 Å². The van der Waals surface area contributed by atoms with E-state index in [2.05, 4.69) is 12.2 Å². The third kappa shape index (κ3) is 6.47. The fraction of sp³-hybridized carbons (Fsp3) is 0.909. The van der Waals surface area contributed by atoms with E-state index in [1.165, 1.54) is 7.11 Å². The maximum absolute atomic E-state index is 11.3. The Morgan fingerprint density at radius 1 is 1.40 bits per heavy atom. The molecule has 0 saturated carbocycles. The van der Waals surface area contributed by atoms with E-state index in [1.807, 2.05) is 13.8 Å². The molecule has 0 aliphatic rings. The summed E-state index contributed by atoms with van der Waals surface area (Å²) in [5, 5.41) is 3.07. The SMILES string of the molecule is CCNC(CCOC(C)CC)C(=O)OC. The van der Waals surface area contributed by atoms with Crippen LogP contribution in [-0.4, -0.2) is 38.4 Å². The molecule has 0 heterocycles. The zero-order valence-corrected chi connectivity index (χ0v) is 10.2. The van der Waals surface area contributed by atoms with Crippen molar-refractivity contribution in [3.8, 4) is 0 Å². The second-order valence-corrected chi connectivity index (χ2v) is 3.51. The Bertz CT molecular complexity index is 173. The van der Waals surface area contributed by atoms with Crippen LogP contribution in [0.5, 0.6) is 0 Å². The number of carbonyl (C=O) groups is 1. The van der Waals surface area contributed by atoms with Gasteiger partial charge in [0.15, 0.2) is 0 Å². The van der Waals surface area contributed by atoms with Crippen LogP contribution in [0.15, 0.2) is 0 Å². The van der Waals surface area contributed by atoms with Gasteiger partial charge in [0.1, 0.15) is 6.04 Å². The van der Waals surface area contributed by atoms with Gasteiger partial charge in [0, 0.05) is 6.61 Å². The second kappa shape index (κ2) is 8.68. The molecule has 1 N–H and O–H groups in total. The van der Waals surface area contributed by atoms with E-state index in [0.29, 0.717) is 13.0 Å². The molecule has 0 amide bonds. The summed E-state index contributed by atoms with van der Waals surface area (Å²) in [7, 11) is 1.40. The van der Waals surface area contributed by atoms with Crippen molar-refractivity contribution >= 4 is 5.97 Å². The summed E-state index contributed by atoms with van der Waals surface area (Å²) in [5.41, 5.74) is 0. The van der Waals surface area contributed by atoms with Gasteiger partial charge in [-0.2, -0.15) is 0 Å². The topological polar surface area (TPSA) is 47.6 Å². The Morgan fingerprint density at radius 3 is 2.53 bits per heavy atom. The normalized spacial score (nSPS) is 14.7. The predicted molar refractivity (Wildman–Crippen MR) is 59.8 cm³/mol. The number of likely N-dealkylation sites (N-methyl/N-ethyl adjacent to an activating group) is 1. The molecule has 0 aromatic carbocycles. The van der Waals surface area contributed by atoms with E-state index in [9.17, 15) is 4.79 Å². The van der Waals surface area contributed by atoms with Crippen LogP contribution in [0.2, 0.25) is 0 Å². The molecule has 0 aromatic heterocycles. The van der Waals surface area contributed by atoms with Gasteiger partial charge in [0.2, 0.25) is 0 Å². The molecule has 0 bridgehead atoms. The summed E-state index contributed by atoms with van der Waals surface area (Å²) in [6.07, 6.45) is 1.90. The van der Waals surface area contributed by atoms with Gasteiger partial charge in [0.25, 0.3) is 0 Å². The number of carbonyl (C=O) groups excluding carboxylic acids is 1. The van der Waals surface area contributed by atoms with E-state index in [-0.39, 0.29) is 18.1 Å². The number of nitrogens with one attached hydrogen (secondary N) is 1. The average Bonchev–Trinajstić information content (AvgIpc) is 2.26. The van der Waals surface area contributed by atoms with Crippen molar-refractivity contribution in [1.29, 1.82) is 0 Å². The second-order valence-electron chi connectivity index (χ2n) is 3.51. The Hall–Kier alpha value is -0.610. The molecule has 2 atom stereocenters. The van der Waals surface area contributed by atoms with Gasteiger partial charge in [-0.05, 0) is 26.3 Å². The first kappa shape index (κ1) is 14.4. The molecule has 90 valence electrons. The fourth-order valence-electron chi connectivity index (χ4n) is 1.20. The van der Waals surface area contributed by atoms with Crippen molar-refractivity contribution in [2.24, 2.45) is 0 Å². The third-order valence-corrected chi connectivity index (χ3v) is 2.32. The Morgan fingerprint density at radius 2 is 2.07 bits per heavy atom. The summed E-state index contributed by atoms with van der Waals surface area (Å²) < 4.78 is 10.2. The first-order valence-electron chi connectivity index (χ1n) is 5.58. The highest BCUT2D eigenvalue weighted by Gasteiger charge is 2.17. The van der Waals surface area contributed by atoms with Crippen LogP contribution >= 0.6 is 0 Å². The molecule has 0 radical (unpaired) electrons. The quantitative estimate of drug-likeness (QED) is 0.623. The summed E-state index contributed by atoms with van der Waals surface area (Å²) in [5.74, 6) is -0.218. The van der Waals surface area contributed by atoms with E-state index < -0.39 is 0 Å². The van der Waals surface area contributed by atoms with Crippen LogP contribution in [0.25, 0.3) is 0 Å². The average molecular weight is 217 g/mol. The third-order valence-electron chi connectivity index (χ3n) is 2.32. The molecular weight excluding hydrogens is 194 g/mol. The minimum absolute atomic E-state index is 0.218. The largest absolute Gasteiger partial charge is 0.468 e. The Kier molecular flexibility index (Phi) is 8.33. The van der Waals surface area contributed by atoms with Crippen LogP contribution in [0.3, 0.4) is 0 Å². The summed E-state index contributed by atoms with van der Waals surface area (Å²) in [6.45, 7) is 7.41. The molecule has 15 heavy (non-hydrogen) atoms. The van der Waals surface area contributed by atoms with Crippen molar-refractivity contribution in [3.63, 3.8) is 0 Å². The van der Waals surface area contributed by atoms with Crippen LogP contribution in [0.1, 0.15) is 33.6 Å². The van der Waals surface area contributed by atoms with Crippen molar-refractivity contribution in [2.75, 3.05) is 20.3 Å². The highest BCUT2D eigenvalue weighted by molar-refractivity contribution is 5.75. The molecular formula is C11H23NO3. The molecule has 0 aromatic rings. The van der Waals surface area contributed by atoms with Gasteiger partial charge in [-0.3, -0.25) is 4.79 Å². The van der Waals surface area contributed by atoms with Crippen LogP contribution < -0.4 is 5.32 Å². The van der Waals surface area contributed by atoms with Crippen molar-refractivity contribution in [1.82, 2.24) is 5.32 Å². The Balaban J connectivity index is 3.80. The standard InChI is InChI=1S/C11H23NO3/c1-5-9(3)15-8-7-10(12-6-2)11(13)14-4/h9-10,12H,5-8H2,1-4H3. The highest BCUT2D eigenvalue weighted by atomic mass is 16.5. The lowest BCUT2D eigenvalue weighted by molar-refractivity contribution is -0.143. The van der Waals surface area contributed by atoms with Gasteiger partial charge >= 0.3 is 5.97 Å². The molecule has 2 unspecified atom stereocenters. The monoisotopic (exact) mass is 217 g/mol. The summed E-state index contributed by atoms with van der Waals surface area (Å²) in [4.78, 5) is 11.3. The zero-order valence-electron chi connectivity index (χ0n) is 10.2. The zero-order chi connectivity index (χ0) is 11.7. The molecule has 0 saturated heterocycles. The van der Waals surface area contributed by atoms with Gasteiger partial charge in [-0.25, -0.2) is 0 Å². The number of ether oxygens (including phenoxy) is 2. The lowest BCUT2D eigenvalue weighted by Gasteiger charge is -2.16. The first-order valence-corrected chi connectivity index (χ1v) is 5.58. The minimum atomic E-state index is -0.246. The van der Waals surface area contributed by atoms with Crippen molar-refractivity contribution in [3.05, 3.63) is 0 Å². The van der Waals surface area contributed by atoms with Gasteiger partial charge < -0.3 is 14.8 Å². The Labute approximate surface area is 92.3 Å². The number of methoxy groups -OCH3 is 1. The fourth-order valence-corrected chi connectivity index (χ4v) is 1.20. The molecule has 0 fully saturated rings. The maximum Gasteiger partial charge on any atom is 0.322 e. The maximum atomic E-state index is 11.3. The van der Waals surface area contributed by atoms with E-state index in [1.54, 1.807) is 0 Å². The van der Waals surface area contributed by atoms with E-state index in [4.69, 9.17) is 9.47 Å². The number of rotatable bonds is 8. The minimum Gasteiger partial charge on any atom is -0.468 e. The predicted octanol–water partition coefficient (Wildman–Crippen LogP) is 1.34. The molecule has 4 heteroatoms. The summed E-state index contributed by atoms with van der Waals surface area (Å²) in [6, 6.07) is -0.246. The number of hydrogen-bond donors (Lipinski definition) is 1. The number of hydrogen-bond acceptors (Lipinski definition) is 4. The molecule has 0 aliphatic heterocycles. The smallest absolute Gasteiger partial charge is 0.322 e. The molecule has 0 aliphatic carbocycles. The van der Waals surface area contributed by atoms with Crippen LogP contribution in [0.4, 0.5) is 0 Å². The lowest BCUT2D eigenvalue weighted by Crippen LogP contribution is -2.38.